The molecule has 1 fully saturated rings. The van der Waals surface area contributed by atoms with Crippen LogP contribution in [0.5, 0.6) is 0 Å². The van der Waals surface area contributed by atoms with Crippen LogP contribution in [0.15, 0.2) is 0 Å². The van der Waals surface area contributed by atoms with Crippen molar-refractivity contribution >= 4 is 10.6 Å². The van der Waals surface area contributed by atoms with Crippen LogP contribution in [0.25, 0.3) is 0 Å². The molecule has 0 amide bonds. The van der Waals surface area contributed by atoms with E-state index in [1.54, 1.807) is 0 Å². The molecule has 0 aromatic carbocycles. The lowest BCUT2D eigenvalue weighted by Gasteiger charge is -2.33. The first-order valence-electron chi connectivity index (χ1n) is 3.31. The molecule has 0 aromatic heterocycles. The second kappa shape index (κ2) is 2.90. The lowest BCUT2D eigenvalue weighted by molar-refractivity contribution is 0.296. The maximum Gasteiger partial charge on any atom is 0.0728 e. The molecule has 0 saturated carbocycles. The van der Waals surface area contributed by atoms with Crippen molar-refractivity contribution in [3.8, 4) is 0 Å². The van der Waals surface area contributed by atoms with E-state index in [4.69, 9.17) is 8.37 Å². The first-order chi connectivity index (χ1) is 4.27. The van der Waals surface area contributed by atoms with Gasteiger partial charge in [0.1, 0.15) is 0 Å². The van der Waals surface area contributed by atoms with Crippen LogP contribution in [-0.2, 0) is 8.37 Å². The fraction of sp³-hybridized carbons (Fsp3) is 1.00. The highest BCUT2D eigenvalue weighted by molar-refractivity contribution is 8.25. The lowest BCUT2D eigenvalue weighted by Crippen LogP contribution is -2.02. The van der Waals surface area contributed by atoms with Gasteiger partial charge in [-0.3, -0.25) is 8.37 Å². The molecule has 1 saturated heterocycles. The van der Waals surface area contributed by atoms with Gasteiger partial charge in [-0.15, -0.1) is 0 Å². The van der Waals surface area contributed by atoms with E-state index >= 15 is 0 Å². The van der Waals surface area contributed by atoms with E-state index in [2.05, 4.69) is 6.26 Å². The number of rotatable bonds is 2. The summed E-state index contributed by atoms with van der Waals surface area (Å²) in [5, 5.41) is 0. The third kappa shape index (κ3) is 1.85. The van der Waals surface area contributed by atoms with Crippen LogP contribution >= 0.6 is 10.6 Å². The molecule has 9 heavy (non-hydrogen) atoms. The van der Waals surface area contributed by atoms with E-state index in [9.17, 15) is 0 Å². The molecule has 0 spiro atoms. The zero-order valence-corrected chi connectivity index (χ0v) is 6.87. The molecule has 1 unspecified atom stereocenters. The average molecular weight is 150 g/mol. The third-order valence-electron chi connectivity index (χ3n) is 1.36. The Kier molecular flexibility index (Phi) is 2.38. The fourth-order valence-corrected chi connectivity index (χ4v) is 2.87. The Labute approximate surface area is 58.3 Å². The minimum Gasteiger partial charge on any atom is -0.285 e. The summed E-state index contributed by atoms with van der Waals surface area (Å²) >= 11 is 0. The Bertz CT molecular complexity index is 89.1. The highest BCUT2D eigenvalue weighted by Gasteiger charge is 2.20. The quantitative estimate of drug-likeness (QED) is 0.596. The fourth-order valence-electron chi connectivity index (χ4n) is 0.957. The minimum atomic E-state index is -1.05. The number of hydrogen-bond donors (Lipinski definition) is 0. The molecule has 56 valence electrons. The molecular weight excluding hydrogens is 136 g/mol. The Morgan fingerprint density at radius 1 is 1.67 bits per heavy atom. The van der Waals surface area contributed by atoms with Gasteiger partial charge in [-0.05, 0) is 13.3 Å². The van der Waals surface area contributed by atoms with Crippen molar-refractivity contribution in [1.29, 1.82) is 0 Å². The Morgan fingerprint density at radius 2 is 2.44 bits per heavy atom. The molecule has 2 nitrogen and oxygen atoms in total. The topological polar surface area (TPSA) is 18.5 Å². The molecule has 1 aliphatic rings. The molecule has 0 N–H and O–H groups in total. The van der Waals surface area contributed by atoms with Crippen LogP contribution < -0.4 is 0 Å². The minimum absolute atomic E-state index is 0.784. The van der Waals surface area contributed by atoms with Crippen LogP contribution in [0.3, 0.4) is 0 Å². The predicted octanol–water partition coefficient (Wildman–Crippen LogP) is 1.71. The van der Waals surface area contributed by atoms with E-state index in [1.807, 2.05) is 6.92 Å². The zero-order valence-electron chi connectivity index (χ0n) is 6.05. The van der Waals surface area contributed by atoms with Gasteiger partial charge in [0.05, 0.1) is 13.2 Å². The molecule has 3 heteroatoms. The smallest absolute Gasteiger partial charge is 0.0728 e. The molecule has 1 rings (SSSR count). The van der Waals surface area contributed by atoms with Crippen LogP contribution in [0.2, 0.25) is 0 Å². The largest absolute Gasteiger partial charge is 0.285 e. The normalized spacial score (nSPS) is 42.4. The monoisotopic (exact) mass is 150 g/mol. The van der Waals surface area contributed by atoms with E-state index < -0.39 is 10.6 Å². The number of hydrogen-bond acceptors (Lipinski definition) is 2. The summed E-state index contributed by atoms with van der Waals surface area (Å²) in [6, 6.07) is 0. The van der Waals surface area contributed by atoms with Gasteiger partial charge in [-0.25, -0.2) is 0 Å². The zero-order chi connectivity index (χ0) is 6.74. The van der Waals surface area contributed by atoms with Gasteiger partial charge in [0.25, 0.3) is 0 Å². The van der Waals surface area contributed by atoms with Gasteiger partial charge in [0.2, 0.25) is 0 Å². The predicted molar refractivity (Wildman–Crippen MR) is 40.6 cm³/mol. The van der Waals surface area contributed by atoms with Gasteiger partial charge in [0.15, 0.2) is 0 Å². The SMILES string of the molecule is CCOS1(C)CCCO1. The average Bonchev–Trinajstić information content (AvgIpc) is 2.16. The standard InChI is InChI=1S/C6H14O2S/c1-3-7-9(2)6-4-5-8-9/h3-6H2,1-2H3. The van der Waals surface area contributed by atoms with Gasteiger partial charge in [0, 0.05) is 12.0 Å². The summed E-state index contributed by atoms with van der Waals surface area (Å²) in [4.78, 5) is 0. The van der Waals surface area contributed by atoms with Gasteiger partial charge in [-0.2, -0.15) is 10.6 Å². The van der Waals surface area contributed by atoms with Crippen LogP contribution in [-0.4, -0.2) is 25.2 Å². The highest BCUT2D eigenvalue weighted by Crippen LogP contribution is 2.50. The lowest BCUT2D eigenvalue weighted by atomic mass is 10.5. The third-order valence-corrected chi connectivity index (χ3v) is 3.79. The van der Waals surface area contributed by atoms with Crippen molar-refractivity contribution in [2.75, 3.05) is 25.2 Å². The van der Waals surface area contributed by atoms with Gasteiger partial charge < -0.3 is 0 Å². The molecule has 1 aliphatic heterocycles. The maximum atomic E-state index is 5.45. The first-order valence-corrected chi connectivity index (χ1v) is 5.38. The summed E-state index contributed by atoms with van der Waals surface area (Å²) < 4.78 is 10.9. The van der Waals surface area contributed by atoms with Gasteiger partial charge in [-0.1, -0.05) is 0 Å². The van der Waals surface area contributed by atoms with Crippen molar-refractivity contribution < 1.29 is 8.37 Å². The molecular formula is C6H14O2S. The highest BCUT2D eigenvalue weighted by atomic mass is 32.3. The van der Waals surface area contributed by atoms with Crippen LogP contribution in [0, 0.1) is 0 Å². The molecule has 1 atom stereocenters. The van der Waals surface area contributed by atoms with Crippen molar-refractivity contribution in [2.45, 2.75) is 13.3 Å². The van der Waals surface area contributed by atoms with E-state index in [1.165, 1.54) is 6.42 Å². The van der Waals surface area contributed by atoms with Crippen molar-refractivity contribution in [1.82, 2.24) is 0 Å². The Morgan fingerprint density at radius 3 is 2.89 bits per heavy atom. The van der Waals surface area contributed by atoms with Crippen molar-refractivity contribution in [3.63, 3.8) is 0 Å². The molecule has 0 bridgehead atoms. The Hall–Kier alpha value is 0.270. The molecule has 1 heterocycles. The Balaban J connectivity index is 2.32. The second-order valence-corrected chi connectivity index (χ2v) is 4.94. The first kappa shape index (κ1) is 7.38. The maximum absolute atomic E-state index is 5.45. The molecule has 0 radical (unpaired) electrons. The van der Waals surface area contributed by atoms with E-state index in [-0.39, 0.29) is 0 Å². The summed E-state index contributed by atoms with van der Waals surface area (Å²) in [7, 11) is -1.05. The van der Waals surface area contributed by atoms with Crippen molar-refractivity contribution in [2.24, 2.45) is 0 Å². The summed E-state index contributed by atoms with van der Waals surface area (Å²) in [5.41, 5.74) is 0. The van der Waals surface area contributed by atoms with Crippen LogP contribution in [0.1, 0.15) is 13.3 Å². The van der Waals surface area contributed by atoms with E-state index in [0.717, 1.165) is 19.0 Å². The van der Waals surface area contributed by atoms with Gasteiger partial charge >= 0.3 is 0 Å². The molecule has 0 aromatic rings. The van der Waals surface area contributed by atoms with Crippen molar-refractivity contribution in [3.05, 3.63) is 0 Å². The summed E-state index contributed by atoms with van der Waals surface area (Å²) in [6.07, 6.45) is 3.26. The molecule has 0 aliphatic carbocycles. The summed E-state index contributed by atoms with van der Waals surface area (Å²) in [5.74, 6) is 1.13. The van der Waals surface area contributed by atoms with E-state index in [0.29, 0.717) is 0 Å². The van der Waals surface area contributed by atoms with Crippen LogP contribution in [0.4, 0.5) is 0 Å². The second-order valence-electron chi connectivity index (χ2n) is 2.21. The summed E-state index contributed by atoms with van der Waals surface area (Å²) in [6.45, 7) is 3.69.